The van der Waals surface area contributed by atoms with Crippen molar-refractivity contribution in [3.63, 3.8) is 0 Å². The molecule has 1 N–H and O–H groups in total. The van der Waals surface area contributed by atoms with Crippen LogP contribution in [0, 0.1) is 5.82 Å². The van der Waals surface area contributed by atoms with Gasteiger partial charge in [-0.1, -0.05) is 28.8 Å². The van der Waals surface area contributed by atoms with E-state index in [9.17, 15) is 18.8 Å². The molecule has 0 bridgehead atoms. The van der Waals surface area contributed by atoms with Crippen molar-refractivity contribution in [2.75, 3.05) is 0 Å². The maximum absolute atomic E-state index is 13.4. The Labute approximate surface area is 156 Å². The maximum Gasteiger partial charge on any atom is 0.367 e. The van der Waals surface area contributed by atoms with E-state index in [0.717, 1.165) is 6.07 Å². The van der Waals surface area contributed by atoms with Gasteiger partial charge in [-0.05, 0) is 30.3 Å². The molecule has 2 amide bonds. The Bertz CT molecular complexity index is 1080. The van der Waals surface area contributed by atoms with Crippen LogP contribution in [-0.4, -0.2) is 33.0 Å². The van der Waals surface area contributed by atoms with E-state index in [-0.39, 0.29) is 27.4 Å². The highest BCUT2D eigenvalue weighted by Crippen LogP contribution is 2.28. The third-order valence-corrected chi connectivity index (χ3v) is 4.29. The van der Waals surface area contributed by atoms with Gasteiger partial charge in [0.1, 0.15) is 11.4 Å². The number of H-pyrrole nitrogens is 1. The lowest BCUT2D eigenvalue weighted by Gasteiger charge is -2.12. The van der Waals surface area contributed by atoms with Gasteiger partial charge in [0.15, 0.2) is 0 Å². The number of halogens is 2. The van der Waals surface area contributed by atoms with Gasteiger partial charge in [-0.25, -0.2) is 9.18 Å². The van der Waals surface area contributed by atoms with Crippen molar-refractivity contribution in [1.29, 1.82) is 0 Å². The van der Waals surface area contributed by atoms with Crippen molar-refractivity contribution in [3.05, 3.63) is 76.2 Å². The minimum Gasteiger partial charge on any atom is -0.324 e. The number of aromatic amines is 1. The number of hydrogen-bond acceptors (Lipinski definition) is 5. The number of aromatic nitrogens is 2. The molecule has 134 valence electrons. The lowest BCUT2D eigenvalue weighted by Crippen LogP contribution is -2.32. The van der Waals surface area contributed by atoms with Crippen LogP contribution >= 0.6 is 11.6 Å². The SMILES string of the molecule is O=C(ON1C(=O)c2ccccc2C1=O)c1cn[nH]c1-c1ccc(F)c(Cl)c1. The zero-order valence-corrected chi connectivity index (χ0v) is 14.2. The van der Waals surface area contributed by atoms with Gasteiger partial charge in [-0.2, -0.15) is 5.10 Å². The fourth-order valence-electron chi connectivity index (χ4n) is 2.69. The summed E-state index contributed by atoms with van der Waals surface area (Å²) in [7, 11) is 0. The van der Waals surface area contributed by atoms with E-state index in [4.69, 9.17) is 16.4 Å². The summed E-state index contributed by atoms with van der Waals surface area (Å²) in [5.74, 6) is -3.07. The van der Waals surface area contributed by atoms with Crippen molar-refractivity contribution in [2.24, 2.45) is 0 Å². The fourth-order valence-corrected chi connectivity index (χ4v) is 2.88. The third kappa shape index (κ3) is 2.76. The van der Waals surface area contributed by atoms with E-state index in [2.05, 4.69) is 10.2 Å². The number of nitrogens with zero attached hydrogens (tertiary/aromatic N) is 2. The molecule has 1 aliphatic rings. The van der Waals surface area contributed by atoms with Crippen molar-refractivity contribution in [3.8, 4) is 11.3 Å². The molecule has 9 heteroatoms. The van der Waals surface area contributed by atoms with E-state index in [1.807, 2.05) is 0 Å². The lowest BCUT2D eigenvalue weighted by atomic mass is 10.1. The first-order valence-corrected chi connectivity index (χ1v) is 8.04. The summed E-state index contributed by atoms with van der Waals surface area (Å²) < 4.78 is 13.4. The van der Waals surface area contributed by atoms with Gasteiger partial charge in [0, 0.05) is 5.56 Å². The number of rotatable bonds is 3. The van der Waals surface area contributed by atoms with Gasteiger partial charge in [0.2, 0.25) is 0 Å². The minimum absolute atomic E-state index is 0.0470. The van der Waals surface area contributed by atoms with E-state index in [1.165, 1.54) is 30.5 Å². The number of amides is 2. The van der Waals surface area contributed by atoms with Crippen LogP contribution in [-0.2, 0) is 4.84 Å². The molecule has 0 saturated heterocycles. The average molecular weight is 386 g/mol. The summed E-state index contributed by atoms with van der Waals surface area (Å²) in [6, 6.07) is 9.97. The first-order chi connectivity index (χ1) is 13.0. The summed E-state index contributed by atoms with van der Waals surface area (Å²) in [6.07, 6.45) is 1.17. The molecule has 2 heterocycles. The number of nitrogens with one attached hydrogen (secondary N) is 1. The van der Waals surface area contributed by atoms with Crippen LogP contribution in [0.2, 0.25) is 5.02 Å². The molecule has 0 unspecified atom stereocenters. The maximum atomic E-state index is 13.4. The van der Waals surface area contributed by atoms with Gasteiger partial charge in [-0.3, -0.25) is 14.7 Å². The third-order valence-electron chi connectivity index (χ3n) is 4.00. The van der Waals surface area contributed by atoms with Gasteiger partial charge in [0.05, 0.1) is 28.0 Å². The highest BCUT2D eigenvalue weighted by molar-refractivity contribution is 6.31. The summed E-state index contributed by atoms with van der Waals surface area (Å²) in [6.45, 7) is 0. The lowest BCUT2D eigenvalue weighted by molar-refractivity contribution is -0.0584. The Morgan fingerprint density at radius 3 is 2.41 bits per heavy atom. The molecule has 2 aromatic carbocycles. The Morgan fingerprint density at radius 2 is 1.78 bits per heavy atom. The zero-order chi connectivity index (χ0) is 19.1. The normalized spacial score (nSPS) is 13.0. The van der Waals surface area contributed by atoms with Crippen LogP contribution in [0.25, 0.3) is 11.3 Å². The van der Waals surface area contributed by atoms with E-state index in [0.29, 0.717) is 10.6 Å². The van der Waals surface area contributed by atoms with Crippen molar-refractivity contribution in [1.82, 2.24) is 15.3 Å². The number of carbonyl (C=O) groups is 3. The van der Waals surface area contributed by atoms with E-state index in [1.54, 1.807) is 12.1 Å². The molecule has 0 spiro atoms. The van der Waals surface area contributed by atoms with Crippen LogP contribution in [0.4, 0.5) is 4.39 Å². The highest BCUT2D eigenvalue weighted by Gasteiger charge is 2.39. The van der Waals surface area contributed by atoms with Crippen LogP contribution in [0.3, 0.4) is 0 Å². The highest BCUT2D eigenvalue weighted by atomic mass is 35.5. The monoisotopic (exact) mass is 385 g/mol. The second-order valence-electron chi connectivity index (χ2n) is 5.62. The minimum atomic E-state index is -0.978. The molecule has 27 heavy (non-hydrogen) atoms. The predicted molar refractivity (Wildman–Crippen MR) is 91.3 cm³/mol. The van der Waals surface area contributed by atoms with Crippen LogP contribution in [0.5, 0.6) is 0 Å². The average Bonchev–Trinajstić information content (AvgIpc) is 3.24. The zero-order valence-electron chi connectivity index (χ0n) is 13.4. The summed E-state index contributed by atoms with van der Waals surface area (Å²) >= 11 is 5.77. The largest absolute Gasteiger partial charge is 0.367 e. The molecular formula is C18H9ClFN3O4. The summed E-state index contributed by atoms with van der Waals surface area (Å²) in [5.41, 5.74) is 0.835. The Hall–Kier alpha value is -3.52. The van der Waals surface area contributed by atoms with E-state index < -0.39 is 23.6 Å². The summed E-state index contributed by atoms with van der Waals surface area (Å²) in [5, 5.41) is 6.63. The number of fused-ring (bicyclic) bond motifs is 1. The Kier molecular flexibility index (Phi) is 3.97. The molecule has 0 radical (unpaired) electrons. The molecule has 0 atom stereocenters. The first kappa shape index (κ1) is 16.9. The van der Waals surface area contributed by atoms with Crippen molar-refractivity contribution < 1.29 is 23.6 Å². The Balaban J connectivity index is 1.62. The van der Waals surface area contributed by atoms with Crippen molar-refractivity contribution in [2.45, 2.75) is 0 Å². The molecule has 0 aliphatic carbocycles. The smallest absolute Gasteiger partial charge is 0.324 e. The summed E-state index contributed by atoms with van der Waals surface area (Å²) in [4.78, 5) is 42.1. The molecule has 0 saturated carbocycles. The van der Waals surface area contributed by atoms with Crippen LogP contribution in [0.15, 0.2) is 48.7 Å². The second-order valence-corrected chi connectivity index (χ2v) is 6.02. The van der Waals surface area contributed by atoms with E-state index >= 15 is 0 Å². The molecule has 7 nitrogen and oxygen atoms in total. The second kappa shape index (κ2) is 6.33. The first-order valence-electron chi connectivity index (χ1n) is 7.66. The molecule has 0 fully saturated rings. The number of hydroxylamine groups is 2. The number of hydrogen-bond donors (Lipinski definition) is 1. The van der Waals surface area contributed by atoms with Gasteiger partial charge in [-0.15, -0.1) is 0 Å². The standard InChI is InChI=1S/C18H9ClFN3O4/c19-13-7-9(5-6-14(13)20)15-12(8-21-22-15)18(26)27-23-16(24)10-3-1-2-4-11(10)17(23)25/h1-8H,(H,21,22). The van der Waals surface area contributed by atoms with Gasteiger partial charge in [0.25, 0.3) is 11.8 Å². The number of carbonyl (C=O) groups excluding carboxylic acids is 3. The van der Waals surface area contributed by atoms with Crippen LogP contribution < -0.4 is 0 Å². The topological polar surface area (TPSA) is 92.4 Å². The number of imide groups is 1. The fraction of sp³-hybridized carbons (Fsp3) is 0. The Morgan fingerprint density at radius 1 is 1.11 bits per heavy atom. The van der Waals surface area contributed by atoms with Gasteiger partial charge >= 0.3 is 5.97 Å². The molecular weight excluding hydrogens is 377 g/mol. The molecule has 1 aromatic heterocycles. The molecule has 1 aliphatic heterocycles. The van der Waals surface area contributed by atoms with Gasteiger partial charge < -0.3 is 4.84 Å². The molecule has 3 aromatic rings. The molecule has 4 rings (SSSR count). The number of benzene rings is 2. The van der Waals surface area contributed by atoms with Crippen molar-refractivity contribution >= 4 is 29.4 Å². The predicted octanol–water partition coefficient (Wildman–Crippen LogP) is 3.24. The quantitative estimate of drug-likeness (QED) is 0.699. The van der Waals surface area contributed by atoms with Crippen LogP contribution in [0.1, 0.15) is 31.1 Å².